The van der Waals surface area contributed by atoms with Crippen molar-refractivity contribution < 1.29 is 22.7 Å². The number of alkyl halides is 3. The Morgan fingerprint density at radius 2 is 2.08 bits per heavy atom. The third-order valence-electron chi connectivity index (χ3n) is 4.09. The van der Waals surface area contributed by atoms with E-state index in [9.17, 15) is 27.6 Å². The molecule has 1 saturated heterocycles. The van der Waals surface area contributed by atoms with Crippen LogP contribution < -0.4 is 11.2 Å². The molecule has 0 bridgehead atoms. The van der Waals surface area contributed by atoms with Crippen LogP contribution in [0.3, 0.4) is 0 Å². The van der Waals surface area contributed by atoms with Gasteiger partial charge in [0.05, 0.1) is 6.10 Å². The molecule has 6 nitrogen and oxygen atoms in total. The first kappa shape index (κ1) is 20.0. The molecule has 142 valence electrons. The average molecular weight is 372 g/mol. The molecule has 0 radical (unpaired) electrons. The minimum absolute atomic E-state index is 0.0419. The van der Waals surface area contributed by atoms with Gasteiger partial charge in [0.25, 0.3) is 5.56 Å². The van der Waals surface area contributed by atoms with E-state index < -0.39 is 35.9 Å². The van der Waals surface area contributed by atoms with Crippen molar-refractivity contribution in [3.8, 4) is 11.8 Å². The Balaban J connectivity index is 2.03. The van der Waals surface area contributed by atoms with Gasteiger partial charge in [-0.15, -0.1) is 5.92 Å². The van der Waals surface area contributed by atoms with E-state index in [4.69, 9.17) is 4.74 Å². The standard InChI is InChI=1S/C17H19F3N2O4/c1-2-12-8-9-14(26-12)22-10-11(15(24)21-16(22)25)6-4-3-5-7-13(23)17(18,19)20/h10,12,14H,2,5-9H2,1H3,(H,21,24,25)/t12-,14-/m1/s1. The normalized spacial score (nSPS) is 19.8. The first-order valence-electron chi connectivity index (χ1n) is 8.28. The van der Waals surface area contributed by atoms with Gasteiger partial charge in [-0.2, -0.15) is 13.2 Å². The number of ether oxygens (including phenoxy) is 1. The average Bonchev–Trinajstić information content (AvgIpc) is 3.04. The highest BCUT2D eigenvalue weighted by molar-refractivity contribution is 5.84. The number of hydrogen-bond acceptors (Lipinski definition) is 4. The number of carbonyl (C=O) groups is 1. The van der Waals surface area contributed by atoms with E-state index in [1.54, 1.807) is 0 Å². The molecule has 0 saturated carbocycles. The summed E-state index contributed by atoms with van der Waals surface area (Å²) in [5, 5.41) is 0. The van der Waals surface area contributed by atoms with Crippen LogP contribution in [0.5, 0.6) is 0 Å². The van der Waals surface area contributed by atoms with Gasteiger partial charge in [0.2, 0.25) is 5.78 Å². The molecule has 0 aromatic carbocycles. The summed E-state index contributed by atoms with van der Waals surface area (Å²) >= 11 is 0. The molecule has 1 fully saturated rings. The molecule has 2 atom stereocenters. The molecule has 9 heteroatoms. The summed E-state index contributed by atoms with van der Waals surface area (Å²) in [5.74, 6) is 3.17. The molecular weight excluding hydrogens is 353 g/mol. The Bertz CT molecular complexity index is 829. The van der Waals surface area contributed by atoms with Crippen LogP contribution in [0, 0.1) is 11.8 Å². The van der Waals surface area contributed by atoms with Crippen LogP contribution in [0.15, 0.2) is 15.8 Å². The zero-order valence-corrected chi connectivity index (χ0v) is 14.2. The van der Waals surface area contributed by atoms with E-state index >= 15 is 0 Å². The van der Waals surface area contributed by atoms with Crippen LogP contribution in [-0.2, 0) is 16.0 Å². The van der Waals surface area contributed by atoms with Crippen molar-refractivity contribution in [3.05, 3.63) is 32.6 Å². The highest BCUT2D eigenvalue weighted by Gasteiger charge is 2.37. The molecule has 1 aliphatic heterocycles. The van der Waals surface area contributed by atoms with E-state index in [0.29, 0.717) is 6.42 Å². The van der Waals surface area contributed by atoms with Crippen molar-refractivity contribution in [1.29, 1.82) is 0 Å². The van der Waals surface area contributed by atoms with Gasteiger partial charge in [-0.05, 0) is 19.3 Å². The molecule has 0 unspecified atom stereocenters. The Labute approximate surface area is 147 Å². The van der Waals surface area contributed by atoms with Crippen LogP contribution in [0.1, 0.15) is 50.8 Å². The number of nitrogens with one attached hydrogen (secondary N) is 1. The van der Waals surface area contributed by atoms with Gasteiger partial charge >= 0.3 is 11.9 Å². The summed E-state index contributed by atoms with van der Waals surface area (Å²) in [5.41, 5.74) is -0.969. The number of aromatic nitrogens is 2. The quantitative estimate of drug-likeness (QED) is 0.803. The third kappa shape index (κ3) is 5.08. The second-order valence-corrected chi connectivity index (χ2v) is 5.97. The van der Waals surface area contributed by atoms with Crippen molar-refractivity contribution >= 4 is 5.78 Å². The molecule has 0 aliphatic carbocycles. The largest absolute Gasteiger partial charge is 0.450 e. The lowest BCUT2D eigenvalue weighted by Crippen LogP contribution is -2.34. The molecule has 1 aromatic rings. The number of aromatic amines is 1. The van der Waals surface area contributed by atoms with Crippen molar-refractivity contribution in [1.82, 2.24) is 9.55 Å². The van der Waals surface area contributed by atoms with E-state index in [2.05, 4.69) is 16.8 Å². The van der Waals surface area contributed by atoms with Crippen molar-refractivity contribution in [2.75, 3.05) is 0 Å². The van der Waals surface area contributed by atoms with Crippen molar-refractivity contribution in [3.63, 3.8) is 0 Å². The maximum atomic E-state index is 12.1. The zero-order chi connectivity index (χ0) is 19.3. The Morgan fingerprint density at radius 1 is 1.35 bits per heavy atom. The fourth-order valence-electron chi connectivity index (χ4n) is 2.62. The summed E-state index contributed by atoms with van der Waals surface area (Å²) in [6.07, 6.45) is -2.60. The molecule has 1 N–H and O–H groups in total. The molecule has 2 rings (SSSR count). The monoisotopic (exact) mass is 372 g/mol. The summed E-state index contributed by atoms with van der Waals surface area (Å²) in [6, 6.07) is 0. The van der Waals surface area contributed by atoms with Crippen LogP contribution in [0.25, 0.3) is 0 Å². The lowest BCUT2D eigenvalue weighted by Gasteiger charge is -2.15. The van der Waals surface area contributed by atoms with Crippen molar-refractivity contribution in [2.24, 2.45) is 0 Å². The molecule has 1 aromatic heterocycles. The SMILES string of the molecule is CC[C@@H]1CC[C@H](n2cc(CC#CCCC(=O)C(F)(F)F)c(=O)[nH]c2=O)O1. The molecule has 26 heavy (non-hydrogen) atoms. The second-order valence-electron chi connectivity index (χ2n) is 5.97. The highest BCUT2D eigenvalue weighted by atomic mass is 19.4. The molecule has 2 heterocycles. The second kappa shape index (κ2) is 8.36. The summed E-state index contributed by atoms with van der Waals surface area (Å²) in [7, 11) is 0. The topological polar surface area (TPSA) is 81.2 Å². The molecule has 0 spiro atoms. The van der Waals surface area contributed by atoms with E-state index in [1.807, 2.05) is 6.92 Å². The predicted molar refractivity (Wildman–Crippen MR) is 86.5 cm³/mol. The number of ketones is 1. The summed E-state index contributed by atoms with van der Waals surface area (Å²) in [4.78, 5) is 36.7. The van der Waals surface area contributed by atoms with Gasteiger partial charge in [-0.1, -0.05) is 12.8 Å². The number of carbonyl (C=O) groups excluding carboxylic acids is 1. The lowest BCUT2D eigenvalue weighted by atomic mass is 10.2. The van der Waals surface area contributed by atoms with Crippen LogP contribution >= 0.6 is 0 Å². The molecule has 1 aliphatic rings. The lowest BCUT2D eigenvalue weighted by molar-refractivity contribution is -0.170. The number of H-pyrrole nitrogens is 1. The van der Waals surface area contributed by atoms with Gasteiger partial charge in [-0.25, -0.2) is 4.79 Å². The van der Waals surface area contributed by atoms with Crippen LogP contribution in [-0.4, -0.2) is 27.6 Å². The fourth-order valence-corrected chi connectivity index (χ4v) is 2.62. The first-order valence-corrected chi connectivity index (χ1v) is 8.28. The van der Waals surface area contributed by atoms with Gasteiger partial charge in [0.15, 0.2) is 0 Å². The summed E-state index contributed by atoms with van der Waals surface area (Å²) < 4.78 is 43.3. The number of Topliss-reactive ketones (excluding diaryl/α,β-unsaturated/α-hetero) is 1. The van der Waals surface area contributed by atoms with Crippen LogP contribution in [0.2, 0.25) is 0 Å². The maximum Gasteiger partial charge on any atom is 0.450 e. The van der Waals surface area contributed by atoms with Gasteiger partial charge in [-0.3, -0.25) is 19.1 Å². The number of halogens is 3. The van der Waals surface area contributed by atoms with E-state index in [1.165, 1.54) is 10.8 Å². The van der Waals surface area contributed by atoms with Gasteiger partial charge < -0.3 is 4.74 Å². The van der Waals surface area contributed by atoms with E-state index in [0.717, 1.165) is 12.8 Å². The Hall–Kier alpha value is -2.34. The van der Waals surface area contributed by atoms with Crippen LogP contribution in [0.4, 0.5) is 13.2 Å². The first-order chi connectivity index (χ1) is 12.2. The zero-order valence-electron chi connectivity index (χ0n) is 14.2. The predicted octanol–water partition coefficient (Wildman–Crippen LogP) is 2.08. The minimum atomic E-state index is -4.86. The smallest absolute Gasteiger partial charge is 0.355 e. The maximum absolute atomic E-state index is 12.1. The molecule has 0 amide bonds. The fraction of sp³-hybridized carbons (Fsp3) is 0.588. The third-order valence-corrected chi connectivity index (χ3v) is 4.09. The number of nitrogens with zero attached hydrogens (tertiary/aromatic N) is 1. The number of rotatable bonds is 5. The minimum Gasteiger partial charge on any atom is -0.355 e. The molecular formula is C17H19F3N2O4. The summed E-state index contributed by atoms with van der Waals surface area (Å²) in [6.45, 7) is 1.98. The highest BCUT2D eigenvalue weighted by Crippen LogP contribution is 2.28. The number of hydrogen-bond donors (Lipinski definition) is 1. The van der Waals surface area contributed by atoms with Gasteiger partial charge in [0.1, 0.15) is 6.23 Å². The van der Waals surface area contributed by atoms with Gasteiger partial charge in [0, 0.05) is 31.0 Å². The van der Waals surface area contributed by atoms with E-state index in [-0.39, 0.29) is 24.5 Å². The Morgan fingerprint density at radius 3 is 2.69 bits per heavy atom. The van der Waals surface area contributed by atoms with Crippen molar-refractivity contribution in [2.45, 2.75) is 64.0 Å². The Kier molecular flexibility index (Phi) is 6.42.